The molecule has 0 saturated heterocycles. The van der Waals surface area contributed by atoms with E-state index in [2.05, 4.69) is 15.5 Å². The van der Waals surface area contributed by atoms with Crippen molar-refractivity contribution in [3.8, 4) is 17.1 Å². The number of ether oxygens (including phenoxy) is 1. The summed E-state index contributed by atoms with van der Waals surface area (Å²) >= 11 is 7.52. The first-order valence-corrected chi connectivity index (χ1v) is 11.1. The monoisotopic (exact) mass is 452 g/mol. The van der Waals surface area contributed by atoms with Gasteiger partial charge in [0.05, 0.1) is 18.4 Å². The summed E-state index contributed by atoms with van der Waals surface area (Å²) in [4.78, 5) is 12.6. The zero-order valence-corrected chi connectivity index (χ0v) is 18.7. The fraction of sp³-hybridized carbons (Fsp3) is 0.174. The molecule has 0 aliphatic rings. The van der Waals surface area contributed by atoms with Crippen LogP contribution in [0, 0.1) is 0 Å². The van der Waals surface area contributed by atoms with Gasteiger partial charge in [-0.1, -0.05) is 59.8 Å². The summed E-state index contributed by atoms with van der Waals surface area (Å²) in [6, 6.07) is 19.2. The van der Waals surface area contributed by atoms with E-state index in [-0.39, 0.29) is 11.7 Å². The molecule has 1 aromatic heterocycles. The van der Waals surface area contributed by atoms with Crippen LogP contribution in [-0.4, -0.2) is 33.5 Å². The summed E-state index contributed by atoms with van der Waals surface area (Å²) < 4.78 is 7.40. The maximum atomic E-state index is 12.6. The number of benzene rings is 3. The van der Waals surface area contributed by atoms with E-state index in [4.69, 9.17) is 16.3 Å². The van der Waals surface area contributed by atoms with Crippen molar-refractivity contribution in [2.45, 2.75) is 18.6 Å². The molecule has 0 fully saturated rings. The molecule has 0 radical (unpaired) electrons. The topological polar surface area (TPSA) is 69.0 Å². The highest BCUT2D eigenvalue weighted by Crippen LogP contribution is 2.33. The maximum absolute atomic E-state index is 12.6. The molecule has 158 valence electrons. The van der Waals surface area contributed by atoms with Crippen molar-refractivity contribution in [2.24, 2.45) is 0 Å². The van der Waals surface area contributed by atoms with E-state index in [1.807, 2.05) is 54.0 Å². The van der Waals surface area contributed by atoms with Crippen LogP contribution in [0.4, 0.5) is 5.69 Å². The second kappa shape index (κ2) is 9.41. The first kappa shape index (κ1) is 21.2. The van der Waals surface area contributed by atoms with Crippen molar-refractivity contribution in [3.05, 3.63) is 65.7 Å². The van der Waals surface area contributed by atoms with Crippen molar-refractivity contribution < 1.29 is 9.53 Å². The van der Waals surface area contributed by atoms with E-state index in [0.29, 0.717) is 28.3 Å². The van der Waals surface area contributed by atoms with E-state index in [0.717, 1.165) is 22.0 Å². The van der Waals surface area contributed by atoms with Crippen LogP contribution >= 0.6 is 23.4 Å². The van der Waals surface area contributed by atoms with Gasteiger partial charge in [0, 0.05) is 22.6 Å². The molecule has 31 heavy (non-hydrogen) atoms. The highest BCUT2D eigenvalue weighted by Gasteiger charge is 2.18. The van der Waals surface area contributed by atoms with Gasteiger partial charge in [0.2, 0.25) is 5.91 Å². The van der Waals surface area contributed by atoms with Crippen molar-refractivity contribution in [2.75, 3.05) is 18.2 Å². The zero-order valence-electron chi connectivity index (χ0n) is 17.1. The first-order chi connectivity index (χ1) is 15.1. The number of carbonyl (C=O) groups excluding carboxylic acids is 1. The van der Waals surface area contributed by atoms with Gasteiger partial charge in [-0.25, -0.2) is 0 Å². The van der Waals surface area contributed by atoms with E-state index < -0.39 is 0 Å². The summed E-state index contributed by atoms with van der Waals surface area (Å²) in [7, 11) is 1.60. The Morgan fingerprint density at radius 1 is 1.13 bits per heavy atom. The first-order valence-electron chi connectivity index (χ1n) is 9.78. The second-order valence-corrected chi connectivity index (χ2v) is 8.14. The van der Waals surface area contributed by atoms with Crippen molar-refractivity contribution >= 4 is 45.7 Å². The lowest BCUT2D eigenvalue weighted by Crippen LogP contribution is -2.15. The summed E-state index contributed by atoms with van der Waals surface area (Å²) in [5, 5.41) is 15.0. The Morgan fingerprint density at radius 2 is 1.94 bits per heavy atom. The molecular formula is C23H21ClN4O2S. The van der Waals surface area contributed by atoms with Gasteiger partial charge in [-0.3, -0.25) is 4.79 Å². The van der Waals surface area contributed by atoms with Gasteiger partial charge >= 0.3 is 0 Å². The molecule has 0 saturated carbocycles. The number of rotatable bonds is 7. The number of hydrogen-bond acceptors (Lipinski definition) is 5. The number of thioether (sulfide) groups is 1. The van der Waals surface area contributed by atoms with E-state index in [9.17, 15) is 4.79 Å². The molecule has 1 heterocycles. The minimum Gasteiger partial charge on any atom is -0.496 e. The van der Waals surface area contributed by atoms with Crippen LogP contribution in [0.5, 0.6) is 5.75 Å². The quantitative estimate of drug-likeness (QED) is 0.374. The molecule has 8 heteroatoms. The molecule has 1 amide bonds. The van der Waals surface area contributed by atoms with E-state index in [1.54, 1.807) is 25.3 Å². The molecule has 0 aliphatic heterocycles. The Kier molecular flexibility index (Phi) is 6.44. The van der Waals surface area contributed by atoms with Crippen molar-refractivity contribution in [1.82, 2.24) is 14.8 Å². The van der Waals surface area contributed by atoms with Crippen LogP contribution in [0.2, 0.25) is 5.02 Å². The molecule has 3 aromatic carbocycles. The largest absolute Gasteiger partial charge is 0.496 e. The molecule has 0 spiro atoms. The van der Waals surface area contributed by atoms with Gasteiger partial charge in [0.15, 0.2) is 11.0 Å². The number of nitrogens with one attached hydrogen (secondary N) is 1. The Morgan fingerprint density at radius 3 is 2.74 bits per heavy atom. The van der Waals surface area contributed by atoms with Crippen LogP contribution in [0.1, 0.15) is 6.92 Å². The molecule has 0 aliphatic carbocycles. The molecule has 0 atom stereocenters. The Bertz CT molecular complexity index is 1240. The Hall–Kier alpha value is -3.03. The average Bonchev–Trinajstić information content (AvgIpc) is 3.20. The second-order valence-electron chi connectivity index (χ2n) is 6.76. The van der Waals surface area contributed by atoms with Crippen LogP contribution < -0.4 is 10.1 Å². The van der Waals surface area contributed by atoms with E-state index in [1.165, 1.54) is 11.8 Å². The Labute approximate surface area is 189 Å². The van der Waals surface area contributed by atoms with Gasteiger partial charge in [-0.15, -0.1) is 10.2 Å². The molecule has 0 bridgehead atoms. The number of hydrogen-bond donors (Lipinski definition) is 1. The van der Waals surface area contributed by atoms with Crippen molar-refractivity contribution in [1.29, 1.82) is 0 Å². The lowest BCUT2D eigenvalue weighted by atomic mass is 10.1. The molecular weight excluding hydrogens is 432 g/mol. The number of fused-ring (bicyclic) bond motifs is 1. The predicted molar refractivity (Wildman–Crippen MR) is 126 cm³/mol. The fourth-order valence-electron chi connectivity index (χ4n) is 3.39. The number of carbonyl (C=O) groups is 1. The summed E-state index contributed by atoms with van der Waals surface area (Å²) in [6.45, 7) is 2.65. The number of methoxy groups -OCH3 is 1. The average molecular weight is 453 g/mol. The van der Waals surface area contributed by atoms with Crippen molar-refractivity contribution in [3.63, 3.8) is 0 Å². The Balaban J connectivity index is 1.52. The molecule has 4 aromatic rings. The summed E-state index contributed by atoms with van der Waals surface area (Å²) in [5.41, 5.74) is 1.56. The van der Waals surface area contributed by atoms with Gasteiger partial charge in [-0.2, -0.15) is 0 Å². The third kappa shape index (κ3) is 4.52. The number of aromatic nitrogens is 3. The number of amides is 1. The summed E-state index contributed by atoms with van der Waals surface area (Å²) in [6.07, 6.45) is 0. The number of anilines is 1. The standard InChI is InChI=1S/C23H21ClN4O2S/c1-3-28-22(18-13-16(24)11-12-20(18)30-2)26-27-23(28)31-14-21(29)25-19-10-6-8-15-7-4-5-9-17(15)19/h4-13H,3,14H2,1-2H3,(H,25,29). The SMILES string of the molecule is CCn1c(SCC(=O)Nc2cccc3ccccc23)nnc1-c1cc(Cl)ccc1OC. The minimum atomic E-state index is -0.103. The third-order valence-electron chi connectivity index (χ3n) is 4.83. The molecule has 6 nitrogen and oxygen atoms in total. The minimum absolute atomic E-state index is 0.103. The lowest BCUT2D eigenvalue weighted by molar-refractivity contribution is -0.113. The van der Waals surface area contributed by atoms with Crippen LogP contribution in [0.15, 0.2) is 65.8 Å². The molecule has 1 N–H and O–H groups in total. The van der Waals surface area contributed by atoms with Crippen LogP contribution in [0.3, 0.4) is 0 Å². The summed E-state index contributed by atoms with van der Waals surface area (Å²) in [5.74, 6) is 1.43. The molecule has 0 unspecified atom stereocenters. The smallest absolute Gasteiger partial charge is 0.234 e. The normalized spacial score (nSPS) is 10.9. The number of halogens is 1. The molecule has 4 rings (SSSR count). The van der Waals surface area contributed by atoms with E-state index >= 15 is 0 Å². The maximum Gasteiger partial charge on any atom is 0.234 e. The third-order valence-corrected chi connectivity index (χ3v) is 6.03. The predicted octanol–water partition coefficient (Wildman–Crippen LogP) is 5.51. The lowest BCUT2D eigenvalue weighted by Gasteiger charge is -2.11. The highest BCUT2D eigenvalue weighted by atomic mass is 35.5. The van der Waals surface area contributed by atoms with Gasteiger partial charge < -0.3 is 14.6 Å². The fourth-order valence-corrected chi connectivity index (χ4v) is 4.36. The van der Waals surface area contributed by atoms with Gasteiger partial charge in [-0.05, 0) is 36.6 Å². The van der Waals surface area contributed by atoms with Gasteiger partial charge in [0.25, 0.3) is 0 Å². The van der Waals surface area contributed by atoms with Gasteiger partial charge in [0.1, 0.15) is 5.75 Å². The van der Waals surface area contributed by atoms with Crippen LogP contribution in [-0.2, 0) is 11.3 Å². The van der Waals surface area contributed by atoms with Crippen LogP contribution in [0.25, 0.3) is 22.2 Å². The highest BCUT2D eigenvalue weighted by molar-refractivity contribution is 7.99. The zero-order chi connectivity index (χ0) is 21.8. The number of nitrogens with zero attached hydrogens (tertiary/aromatic N) is 3.